The quantitative estimate of drug-likeness (QED) is 0.805. The highest BCUT2D eigenvalue weighted by Gasteiger charge is 2.16. The molecule has 0 saturated carbocycles. The van der Waals surface area contributed by atoms with Gasteiger partial charge in [0.15, 0.2) is 0 Å². The van der Waals surface area contributed by atoms with Crippen molar-refractivity contribution in [2.45, 2.75) is 13.8 Å². The van der Waals surface area contributed by atoms with Gasteiger partial charge in [-0.05, 0) is 19.9 Å². The Bertz CT molecular complexity index is 631. The van der Waals surface area contributed by atoms with Gasteiger partial charge in [0, 0.05) is 12.2 Å². The van der Waals surface area contributed by atoms with Gasteiger partial charge < -0.3 is 14.9 Å². The molecule has 100 valence electrons. The van der Waals surface area contributed by atoms with Crippen LogP contribution in [0.5, 0.6) is 0 Å². The largest absolute Gasteiger partial charge is 0.392 e. The summed E-state index contributed by atoms with van der Waals surface area (Å²) < 4.78 is 5.08. The number of nitrogens with one attached hydrogen (secondary N) is 1. The predicted octanol–water partition coefficient (Wildman–Crippen LogP) is 1.12. The molecule has 0 aliphatic rings. The van der Waals surface area contributed by atoms with E-state index in [9.17, 15) is 4.79 Å². The molecule has 0 radical (unpaired) electrons. The van der Waals surface area contributed by atoms with Crippen LogP contribution in [0.4, 0.5) is 0 Å². The molecule has 0 atom stereocenters. The van der Waals surface area contributed by atoms with Crippen molar-refractivity contribution >= 4 is 17.0 Å². The zero-order valence-corrected chi connectivity index (χ0v) is 10.8. The third-order valence-corrected chi connectivity index (χ3v) is 2.64. The monoisotopic (exact) mass is 261 g/mol. The second-order valence-corrected chi connectivity index (χ2v) is 4.12. The Labute approximate surface area is 110 Å². The highest BCUT2D eigenvalue weighted by Crippen LogP contribution is 2.21. The van der Waals surface area contributed by atoms with E-state index in [1.54, 1.807) is 32.1 Å². The van der Waals surface area contributed by atoms with Gasteiger partial charge in [-0.25, -0.2) is 4.98 Å². The SMILES string of the molecule is Cc1cc(C(=O)NC/C=C/CO)c2c(C)noc2n1. The second-order valence-electron chi connectivity index (χ2n) is 4.12. The molecule has 2 aromatic rings. The molecule has 0 unspecified atom stereocenters. The summed E-state index contributed by atoms with van der Waals surface area (Å²) in [5, 5.41) is 15.8. The number of carbonyl (C=O) groups is 1. The van der Waals surface area contributed by atoms with Crippen LogP contribution in [0.25, 0.3) is 11.1 Å². The van der Waals surface area contributed by atoms with Gasteiger partial charge in [0.1, 0.15) is 0 Å². The molecule has 0 aliphatic heterocycles. The van der Waals surface area contributed by atoms with Crippen LogP contribution in [0, 0.1) is 13.8 Å². The first-order chi connectivity index (χ1) is 9.13. The summed E-state index contributed by atoms with van der Waals surface area (Å²) in [5.74, 6) is -0.218. The molecule has 2 rings (SSSR count). The van der Waals surface area contributed by atoms with Gasteiger partial charge in [-0.2, -0.15) is 0 Å². The first-order valence-electron chi connectivity index (χ1n) is 5.91. The molecule has 0 saturated heterocycles. The van der Waals surface area contributed by atoms with Crippen LogP contribution >= 0.6 is 0 Å². The van der Waals surface area contributed by atoms with Gasteiger partial charge in [0.25, 0.3) is 11.6 Å². The molecule has 0 spiro atoms. The highest BCUT2D eigenvalue weighted by atomic mass is 16.5. The van der Waals surface area contributed by atoms with Crippen LogP contribution in [-0.2, 0) is 0 Å². The fourth-order valence-corrected chi connectivity index (χ4v) is 1.80. The van der Waals surface area contributed by atoms with E-state index < -0.39 is 0 Å². The predicted molar refractivity (Wildman–Crippen MR) is 69.8 cm³/mol. The summed E-state index contributed by atoms with van der Waals surface area (Å²) in [6.45, 7) is 3.87. The summed E-state index contributed by atoms with van der Waals surface area (Å²) >= 11 is 0. The summed E-state index contributed by atoms with van der Waals surface area (Å²) in [5.41, 5.74) is 2.20. The third kappa shape index (κ3) is 2.79. The smallest absolute Gasteiger partial charge is 0.258 e. The number of amides is 1. The Hall–Kier alpha value is -2.21. The molecular weight excluding hydrogens is 246 g/mol. The summed E-state index contributed by atoms with van der Waals surface area (Å²) in [6, 6.07) is 1.71. The molecular formula is C13H15N3O3. The first-order valence-corrected chi connectivity index (χ1v) is 5.91. The van der Waals surface area contributed by atoms with E-state index in [4.69, 9.17) is 9.63 Å². The van der Waals surface area contributed by atoms with Gasteiger partial charge in [-0.1, -0.05) is 17.3 Å². The summed E-state index contributed by atoms with van der Waals surface area (Å²) in [4.78, 5) is 16.3. The first kappa shape index (κ1) is 13.2. The number of aryl methyl sites for hydroxylation is 2. The van der Waals surface area contributed by atoms with Gasteiger partial charge in [-0.3, -0.25) is 4.79 Å². The Morgan fingerprint density at radius 3 is 3.00 bits per heavy atom. The fourth-order valence-electron chi connectivity index (χ4n) is 1.80. The van der Waals surface area contributed by atoms with E-state index >= 15 is 0 Å². The molecule has 0 fully saturated rings. The standard InChI is InChI=1S/C13H15N3O3/c1-8-7-10(12(18)14-5-3-4-6-17)11-9(2)16-19-13(11)15-8/h3-4,7,17H,5-6H2,1-2H3,(H,14,18)/b4-3+. The lowest BCUT2D eigenvalue weighted by Crippen LogP contribution is -2.24. The number of hydrogen-bond donors (Lipinski definition) is 2. The number of aliphatic hydroxyl groups excluding tert-OH is 1. The molecule has 0 aromatic carbocycles. The molecule has 6 nitrogen and oxygen atoms in total. The van der Waals surface area contributed by atoms with Crippen LogP contribution in [0.15, 0.2) is 22.7 Å². The average Bonchev–Trinajstić information content (AvgIpc) is 2.75. The molecule has 2 N–H and O–H groups in total. The highest BCUT2D eigenvalue weighted by molar-refractivity contribution is 6.06. The zero-order chi connectivity index (χ0) is 13.8. The van der Waals surface area contributed by atoms with Gasteiger partial charge in [0.05, 0.1) is 23.3 Å². The minimum absolute atomic E-state index is 0.0424. The Morgan fingerprint density at radius 1 is 1.47 bits per heavy atom. The minimum Gasteiger partial charge on any atom is -0.392 e. The maximum absolute atomic E-state index is 12.1. The summed E-state index contributed by atoms with van der Waals surface area (Å²) in [7, 11) is 0. The van der Waals surface area contributed by atoms with Gasteiger partial charge >= 0.3 is 0 Å². The molecule has 19 heavy (non-hydrogen) atoms. The fraction of sp³-hybridized carbons (Fsp3) is 0.308. The van der Waals surface area contributed by atoms with Gasteiger partial charge in [0.2, 0.25) is 0 Å². The van der Waals surface area contributed by atoms with Crippen LogP contribution in [0.2, 0.25) is 0 Å². The van der Waals surface area contributed by atoms with E-state index in [2.05, 4.69) is 15.5 Å². The van der Waals surface area contributed by atoms with Crippen molar-refractivity contribution in [2.75, 3.05) is 13.2 Å². The lowest BCUT2D eigenvalue weighted by molar-refractivity contribution is 0.0959. The summed E-state index contributed by atoms with van der Waals surface area (Å²) in [6.07, 6.45) is 3.25. The van der Waals surface area contributed by atoms with Crippen molar-refractivity contribution in [2.24, 2.45) is 0 Å². The number of fused-ring (bicyclic) bond motifs is 1. The number of nitrogens with zero attached hydrogens (tertiary/aromatic N) is 2. The van der Waals surface area contributed by atoms with Crippen molar-refractivity contribution in [3.05, 3.63) is 35.2 Å². The number of hydrogen-bond acceptors (Lipinski definition) is 5. The minimum atomic E-state index is -0.218. The van der Waals surface area contributed by atoms with E-state index in [0.717, 1.165) is 0 Å². The van der Waals surface area contributed by atoms with E-state index in [1.807, 2.05) is 0 Å². The van der Waals surface area contributed by atoms with E-state index in [1.165, 1.54) is 0 Å². The number of aliphatic hydroxyl groups is 1. The molecule has 0 aliphatic carbocycles. The van der Waals surface area contributed by atoms with E-state index in [-0.39, 0.29) is 12.5 Å². The lowest BCUT2D eigenvalue weighted by atomic mass is 10.1. The zero-order valence-electron chi connectivity index (χ0n) is 10.8. The molecule has 0 bridgehead atoms. The van der Waals surface area contributed by atoms with Crippen LogP contribution in [0.3, 0.4) is 0 Å². The maximum Gasteiger partial charge on any atom is 0.258 e. The maximum atomic E-state index is 12.1. The van der Waals surface area contributed by atoms with Crippen LogP contribution in [-0.4, -0.2) is 34.3 Å². The molecule has 2 heterocycles. The number of aromatic nitrogens is 2. The van der Waals surface area contributed by atoms with Crippen molar-refractivity contribution in [3.63, 3.8) is 0 Å². The molecule has 2 aromatic heterocycles. The second kappa shape index (κ2) is 5.62. The van der Waals surface area contributed by atoms with Gasteiger partial charge in [-0.15, -0.1) is 0 Å². The number of rotatable bonds is 4. The van der Waals surface area contributed by atoms with Crippen molar-refractivity contribution in [1.82, 2.24) is 15.5 Å². The Kier molecular flexibility index (Phi) is 3.91. The number of carbonyl (C=O) groups excluding carboxylic acids is 1. The van der Waals surface area contributed by atoms with E-state index in [0.29, 0.717) is 34.6 Å². The van der Waals surface area contributed by atoms with Crippen molar-refractivity contribution in [3.8, 4) is 0 Å². The van der Waals surface area contributed by atoms with Crippen molar-refractivity contribution in [1.29, 1.82) is 0 Å². The Balaban J connectivity index is 2.30. The lowest BCUT2D eigenvalue weighted by Gasteiger charge is -2.04. The van der Waals surface area contributed by atoms with Crippen LogP contribution < -0.4 is 5.32 Å². The van der Waals surface area contributed by atoms with Crippen molar-refractivity contribution < 1.29 is 14.4 Å². The van der Waals surface area contributed by atoms with Crippen LogP contribution in [0.1, 0.15) is 21.7 Å². The topological polar surface area (TPSA) is 88.2 Å². The molecule has 6 heteroatoms. The number of pyridine rings is 1. The molecule has 1 amide bonds. The normalized spacial score (nSPS) is 11.3. The third-order valence-electron chi connectivity index (χ3n) is 2.64. The average molecular weight is 261 g/mol. The Morgan fingerprint density at radius 2 is 2.26 bits per heavy atom.